The van der Waals surface area contributed by atoms with Crippen LogP contribution in [0, 0.1) is 0 Å². The molecule has 1 aromatic carbocycles. The van der Waals surface area contributed by atoms with Crippen molar-refractivity contribution >= 4 is 11.7 Å². The molecule has 0 radical (unpaired) electrons. The highest BCUT2D eigenvalue weighted by atomic mass is 16.6. The van der Waals surface area contributed by atoms with Gasteiger partial charge in [0, 0.05) is 5.56 Å². The zero-order valence-electron chi connectivity index (χ0n) is 7.77. The molecule has 0 amide bonds. The van der Waals surface area contributed by atoms with Crippen molar-refractivity contribution in [3.05, 3.63) is 35.9 Å². The first-order valence-electron chi connectivity index (χ1n) is 4.22. The summed E-state index contributed by atoms with van der Waals surface area (Å²) in [6, 6.07) is 8.50. The van der Waals surface area contributed by atoms with E-state index < -0.39 is 5.97 Å². The molecule has 4 nitrogen and oxygen atoms in total. The van der Waals surface area contributed by atoms with E-state index in [1.165, 1.54) is 0 Å². The Labute approximate surface area is 81.8 Å². The van der Waals surface area contributed by atoms with Crippen molar-refractivity contribution in [1.82, 2.24) is 0 Å². The fraction of sp³-hybridized carbons (Fsp3) is 0.200. The average molecular weight is 192 g/mol. The first kappa shape index (κ1) is 10.2. The van der Waals surface area contributed by atoms with Gasteiger partial charge in [0.2, 0.25) is 0 Å². The molecule has 74 valence electrons. The van der Waals surface area contributed by atoms with Crippen LogP contribution in [0.2, 0.25) is 0 Å². The maximum absolute atomic E-state index is 10.7. The lowest BCUT2D eigenvalue weighted by atomic mass is 10.1. The predicted molar refractivity (Wildman–Crippen MR) is 49.6 cm³/mol. The van der Waals surface area contributed by atoms with E-state index in [0.29, 0.717) is 12.2 Å². The van der Waals surface area contributed by atoms with Gasteiger partial charge in [0.05, 0.1) is 5.97 Å². The number of carboxylic acid groups (broad SMARTS) is 1. The van der Waals surface area contributed by atoms with Gasteiger partial charge in [-0.3, -0.25) is 0 Å². The number of benzene rings is 1. The number of hydrogen-bond donors (Lipinski definition) is 0. The molecule has 0 saturated heterocycles. The van der Waals surface area contributed by atoms with E-state index in [0.717, 1.165) is 0 Å². The van der Waals surface area contributed by atoms with Crippen molar-refractivity contribution < 1.29 is 14.7 Å². The quantitative estimate of drug-likeness (QED) is 0.505. The summed E-state index contributed by atoms with van der Waals surface area (Å²) in [7, 11) is 0. The highest BCUT2D eigenvalue weighted by molar-refractivity contribution is 6.41. The minimum Gasteiger partial charge on any atom is -0.543 e. The van der Waals surface area contributed by atoms with Gasteiger partial charge >= 0.3 is 0 Å². The van der Waals surface area contributed by atoms with Gasteiger partial charge in [0.1, 0.15) is 12.3 Å². The summed E-state index contributed by atoms with van der Waals surface area (Å²) >= 11 is 0. The molecule has 1 aromatic rings. The summed E-state index contributed by atoms with van der Waals surface area (Å²) in [5.41, 5.74) is 0.286. The number of nitrogens with zero attached hydrogens (tertiary/aromatic N) is 1. The van der Waals surface area contributed by atoms with E-state index in [1.807, 2.05) is 0 Å². The van der Waals surface area contributed by atoms with Crippen molar-refractivity contribution in [3.8, 4) is 0 Å². The molecular formula is C10H10NO3-. The third-order valence-electron chi connectivity index (χ3n) is 1.53. The third-order valence-corrected chi connectivity index (χ3v) is 1.53. The largest absolute Gasteiger partial charge is 0.543 e. The van der Waals surface area contributed by atoms with Gasteiger partial charge < -0.3 is 14.7 Å². The Morgan fingerprint density at radius 3 is 2.57 bits per heavy atom. The molecule has 0 spiro atoms. The number of rotatable bonds is 4. The summed E-state index contributed by atoms with van der Waals surface area (Å²) in [5, 5.41) is 14.2. The molecule has 0 aliphatic rings. The first-order chi connectivity index (χ1) is 6.75. The smallest absolute Gasteiger partial charge is 0.132 e. The highest BCUT2D eigenvalue weighted by Gasteiger charge is 2.04. The Morgan fingerprint density at radius 1 is 1.43 bits per heavy atom. The molecular weight excluding hydrogens is 182 g/mol. The number of aliphatic carboxylic acids is 1. The SMILES string of the molecule is CCO/N=C(\C(=O)[O-])c1ccccc1. The molecule has 1 rings (SSSR count). The zero-order valence-corrected chi connectivity index (χ0v) is 7.77. The van der Waals surface area contributed by atoms with E-state index in [-0.39, 0.29) is 5.71 Å². The summed E-state index contributed by atoms with van der Waals surface area (Å²) in [6.45, 7) is 2.05. The average Bonchev–Trinajstić information content (AvgIpc) is 2.19. The highest BCUT2D eigenvalue weighted by Crippen LogP contribution is 2.01. The molecule has 4 heteroatoms. The van der Waals surface area contributed by atoms with E-state index in [4.69, 9.17) is 0 Å². The minimum atomic E-state index is -1.34. The van der Waals surface area contributed by atoms with E-state index in [2.05, 4.69) is 9.99 Å². The van der Waals surface area contributed by atoms with Crippen molar-refractivity contribution in [3.63, 3.8) is 0 Å². The van der Waals surface area contributed by atoms with Crippen molar-refractivity contribution in [2.45, 2.75) is 6.92 Å². The zero-order chi connectivity index (χ0) is 10.4. The molecule has 0 aliphatic carbocycles. The van der Waals surface area contributed by atoms with Crippen molar-refractivity contribution in [1.29, 1.82) is 0 Å². The Balaban J connectivity index is 2.95. The topological polar surface area (TPSA) is 61.7 Å². The van der Waals surface area contributed by atoms with Crippen LogP contribution in [0.3, 0.4) is 0 Å². The summed E-state index contributed by atoms with van der Waals surface area (Å²) in [5.74, 6) is -1.34. The Kier molecular flexibility index (Phi) is 3.67. The molecule has 14 heavy (non-hydrogen) atoms. The fourth-order valence-electron chi connectivity index (χ4n) is 0.933. The Morgan fingerprint density at radius 2 is 2.07 bits per heavy atom. The summed E-state index contributed by atoms with van der Waals surface area (Å²) in [4.78, 5) is 15.4. The predicted octanol–water partition coefficient (Wildman–Crippen LogP) is 0.177. The van der Waals surface area contributed by atoms with Gasteiger partial charge in [-0.1, -0.05) is 35.5 Å². The van der Waals surface area contributed by atoms with Crippen LogP contribution >= 0.6 is 0 Å². The molecule has 0 atom stereocenters. The van der Waals surface area contributed by atoms with Crippen molar-refractivity contribution in [2.24, 2.45) is 5.16 Å². The second-order valence-electron chi connectivity index (χ2n) is 2.51. The lowest BCUT2D eigenvalue weighted by Gasteiger charge is -2.06. The van der Waals surface area contributed by atoms with Crippen LogP contribution in [-0.2, 0) is 9.63 Å². The third kappa shape index (κ3) is 2.58. The maximum Gasteiger partial charge on any atom is 0.132 e. The molecule has 0 saturated carbocycles. The minimum absolute atomic E-state index is 0.188. The fourth-order valence-corrected chi connectivity index (χ4v) is 0.933. The monoisotopic (exact) mass is 192 g/mol. The molecule has 0 N–H and O–H groups in total. The van der Waals surface area contributed by atoms with Crippen LogP contribution in [0.4, 0.5) is 0 Å². The maximum atomic E-state index is 10.7. The van der Waals surface area contributed by atoms with Gasteiger partial charge in [-0.05, 0) is 6.92 Å². The van der Waals surface area contributed by atoms with Crippen LogP contribution in [0.25, 0.3) is 0 Å². The van der Waals surface area contributed by atoms with Crippen LogP contribution in [-0.4, -0.2) is 18.3 Å². The van der Waals surface area contributed by atoms with Crippen LogP contribution in [0.1, 0.15) is 12.5 Å². The molecule has 0 aromatic heterocycles. The Hall–Kier alpha value is -1.84. The number of oxime groups is 1. The normalized spacial score (nSPS) is 11.1. The Bertz CT molecular complexity index is 332. The van der Waals surface area contributed by atoms with Gasteiger partial charge in [0.15, 0.2) is 0 Å². The number of hydrogen-bond acceptors (Lipinski definition) is 4. The second kappa shape index (κ2) is 5.01. The summed E-state index contributed by atoms with van der Waals surface area (Å²) in [6.07, 6.45) is 0. The number of carbonyl (C=O) groups is 1. The lowest BCUT2D eigenvalue weighted by molar-refractivity contribution is -0.294. The standard InChI is InChI=1S/C10H11NO3/c1-2-14-11-9(10(12)13)8-6-4-3-5-7-8/h3-7H,2H2,1H3,(H,12,13)/p-1/b11-9-. The molecule has 0 unspecified atom stereocenters. The molecule has 0 heterocycles. The summed E-state index contributed by atoms with van der Waals surface area (Å²) < 4.78 is 0. The number of carbonyl (C=O) groups excluding carboxylic acids is 1. The molecule has 0 aliphatic heterocycles. The number of carboxylic acids is 1. The van der Waals surface area contributed by atoms with E-state index >= 15 is 0 Å². The second-order valence-corrected chi connectivity index (χ2v) is 2.51. The van der Waals surface area contributed by atoms with Gasteiger partial charge in [-0.25, -0.2) is 0 Å². The van der Waals surface area contributed by atoms with Crippen LogP contribution < -0.4 is 5.11 Å². The molecule has 0 bridgehead atoms. The van der Waals surface area contributed by atoms with Crippen LogP contribution in [0.15, 0.2) is 35.5 Å². The van der Waals surface area contributed by atoms with Crippen LogP contribution in [0.5, 0.6) is 0 Å². The lowest BCUT2D eigenvalue weighted by Crippen LogP contribution is -2.32. The van der Waals surface area contributed by atoms with Gasteiger partial charge in [-0.2, -0.15) is 0 Å². The first-order valence-corrected chi connectivity index (χ1v) is 4.22. The van der Waals surface area contributed by atoms with Crippen molar-refractivity contribution in [2.75, 3.05) is 6.61 Å². The van der Waals surface area contributed by atoms with Gasteiger partial charge in [-0.15, -0.1) is 0 Å². The van der Waals surface area contributed by atoms with E-state index in [9.17, 15) is 9.90 Å². The van der Waals surface area contributed by atoms with E-state index in [1.54, 1.807) is 37.3 Å². The molecule has 0 fully saturated rings. The van der Waals surface area contributed by atoms with Gasteiger partial charge in [0.25, 0.3) is 0 Å².